The minimum Gasteiger partial charge on any atom is -0.458 e. The molecule has 2 bridgehead atoms. The van der Waals surface area contributed by atoms with Crippen molar-refractivity contribution >= 4 is 35.8 Å². The van der Waals surface area contributed by atoms with E-state index in [4.69, 9.17) is 23.7 Å². The van der Waals surface area contributed by atoms with E-state index in [0.29, 0.717) is 30.4 Å². The van der Waals surface area contributed by atoms with Gasteiger partial charge < -0.3 is 39.2 Å². The van der Waals surface area contributed by atoms with Crippen LogP contribution in [-0.4, -0.2) is 93.7 Å². The lowest BCUT2D eigenvalue weighted by atomic mass is 9.41. The van der Waals surface area contributed by atoms with E-state index < -0.39 is 106 Å². The van der Waals surface area contributed by atoms with Gasteiger partial charge in [-0.3, -0.25) is 14.4 Å². The first-order valence-corrected chi connectivity index (χ1v) is 20.7. The number of esters is 4. The highest BCUT2D eigenvalue weighted by molar-refractivity contribution is 5.95. The number of fused-ring (bicyclic) bond motifs is 5. The number of ketones is 1. The Morgan fingerprint density at radius 3 is 2.07 bits per heavy atom. The van der Waals surface area contributed by atoms with Gasteiger partial charge in [-0.05, 0) is 107 Å². The van der Waals surface area contributed by atoms with Crippen molar-refractivity contribution in [1.82, 2.24) is 5.32 Å². The van der Waals surface area contributed by atoms with Crippen LogP contribution in [0.2, 0.25) is 0 Å². The smallest absolute Gasteiger partial charge is 0.407 e. The van der Waals surface area contributed by atoms with E-state index in [9.17, 15) is 34.2 Å². The van der Waals surface area contributed by atoms with Crippen LogP contribution in [0.15, 0.2) is 41.5 Å². The van der Waals surface area contributed by atoms with Crippen LogP contribution in [0.25, 0.3) is 0 Å². The first kappa shape index (κ1) is 44.3. The molecule has 0 heterocycles. The Bertz CT molecular complexity index is 1910. The molecule has 6 rings (SSSR count). The van der Waals surface area contributed by atoms with Crippen molar-refractivity contribution in [2.75, 3.05) is 0 Å². The molecule has 5 aliphatic carbocycles. The third-order valence-electron chi connectivity index (χ3n) is 14.1. The number of hydrogen-bond donors (Lipinski definition) is 3. The summed E-state index contributed by atoms with van der Waals surface area (Å²) in [6.45, 7) is 18.4. The largest absolute Gasteiger partial charge is 0.458 e. The number of rotatable bonds is 9. The molecule has 0 saturated heterocycles. The number of carbonyl (C=O) groups excluding carboxylic acids is 6. The summed E-state index contributed by atoms with van der Waals surface area (Å²) in [5.41, 5.74) is -4.47. The molecule has 3 N–H and O–H groups in total. The van der Waals surface area contributed by atoms with Crippen molar-refractivity contribution in [1.29, 1.82) is 0 Å². The Morgan fingerprint density at radius 1 is 0.915 bits per heavy atom. The third-order valence-corrected chi connectivity index (χ3v) is 14.1. The van der Waals surface area contributed by atoms with Crippen LogP contribution in [0.4, 0.5) is 4.79 Å². The highest BCUT2D eigenvalue weighted by atomic mass is 16.6. The van der Waals surface area contributed by atoms with Gasteiger partial charge in [-0.25, -0.2) is 14.4 Å². The van der Waals surface area contributed by atoms with Gasteiger partial charge in [0.1, 0.15) is 23.4 Å². The maximum absolute atomic E-state index is 15.5. The molecule has 5 aliphatic rings. The average Bonchev–Trinajstić information content (AvgIpc) is 3.76. The summed E-state index contributed by atoms with van der Waals surface area (Å²) in [6.07, 6.45) is -6.30. The number of Topliss-reactive ketones (excluding diaryl/α,β-unsaturated/α-hetero) is 1. The summed E-state index contributed by atoms with van der Waals surface area (Å²) in [6, 6.07) is 7.23. The number of aliphatic hydroxyl groups is 2. The molecule has 1 aromatic rings. The fourth-order valence-electron chi connectivity index (χ4n) is 11.0. The second kappa shape index (κ2) is 15.3. The summed E-state index contributed by atoms with van der Waals surface area (Å²) in [5.74, 6) is -6.43. The van der Waals surface area contributed by atoms with Crippen LogP contribution in [0.1, 0.15) is 119 Å². The molecule has 4 fully saturated rings. The zero-order chi connectivity index (χ0) is 43.8. The van der Waals surface area contributed by atoms with E-state index in [1.807, 2.05) is 27.7 Å². The molecular weight excluding hydrogens is 762 g/mol. The number of benzene rings is 1. The van der Waals surface area contributed by atoms with E-state index in [2.05, 4.69) is 5.32 Å². The predicted molar refractivity (Wildman–Crippen MR) is 211 cm³/mol. The van der Waals surface area contributed by atoms with Crippen molar-refractivity contribution in [2.24, 2.45) is 39.9 Å². The molecule has 14 heteroatoms. The van der Waals surface area contributed by atoms with Crippen LogP contribution in [0, 0.1) is 39.9 Å². The number of ether oxygens (including phenoxy) is 5. The Morgan fingerprint density at radius 2 is 1.54 bits per heavy atom. The quantitative estimate of drug-likeness (QED) is 0.163. The van der Waals surface area contributed by atoms with Crippen LogP contribution >= 0.6 is 0 Å². The normalized spacial score (nSPS) is 35.1. The fourth-order valence-corrected chi connectivity index (χ4v) is 11.0. The second-order valence-corrected chi connectivity index (χ2v) is 19.9. The molecule has 4 saturated carbocycles. The van der Waals surface area contributed by atoms with Crippen molar-refractivity contribution in [3.8, 4) is 0 Å². The Hall–Kier alpha value is -4.30. The average molecular weight is 824 g/mol. The summed E-state index contributed by atoms with van der Waals surface area (Å²) >= 11 is 0. The van der Waals surface area contributed by atoms with E-state index in [0.717, 1.165) is 0 Å². The summed E-state index contributed by atoms with van der Waals surface area (Å²) < 4.78 is 30.4. The number of amides is 1. The summed E-state index contributed by atoms with van der Waals surface area (Å²) in [4.78, 5) is 82.8. The first-order valence-electron chi connectivity index (χ1n) is 20.7. The number of nitrogens with one attached hydrogen (secondary N) is 1. The molecule has 0 radical (unpaired) electrons. The minimum atomic E-state index is -1.83. The first-order chi connectivity index (χ1) is 27.3. The van der Waals surface area contributed by atoms with Crippen LogP contribution in [-0.2, 0) is 42.9 Å². The molecule has 14 nitrogen and oxygen atoms in total. The number of alkyl carbamates (subject to hydrolysis) is 1. The number of aliphatic hydroxyl groups excluding tert-OH is 2. The topological polar surface area (TPSA) is 201 Å². The zero-order valence-electron chi connectivity index (χ0n) is 36.1. The van der Waals surface area contributed by atoms with Crippen LogP contribution in [0.3, 0.4) is 0 Å². The van der Waals surface area contributed by atoms with Gasteiger partial charge in [0, 0.05) is 25.7 Å². The maximum Gasteiger partial charge on any atom is 0.407 e. The number of carbonyl (C=O) groups is 6. The zero-order valence-corrected chi connectivity index (χ0v) is 36.1. The lowest BCUT2D eigenvalue weighted by Crippen LogP contribution is -2.75. The minimum absolute atomic E-state index is 0.00289. The SMILES string of the molecule is CC(=O)OC1C(=O)[C@@]2(C)[C@H]([C@H](OC(=O)c3ccccc3)C3C[C@H](OC(=O)[C@H](O)[C@@H](NC(=O)OC(C)(C)C)[C@@H]4CC4(C)C)C(C)=C1C3(C)C)[C@]1(OC(C)=O)CC[C@@H]1C[C@@H]2O. The molecule has 12 atom stereocenters. The highest BCUT2D eigenvalue weighted by Crippen LogP contribution is 2.66. The lowest BCUT2D eigenvalue weighted by molar-refractivity contribution is -0.275. The van der Waals surface area contributed by atoms with Gasteiger partial charge in [-0.1, -0.05) is 45.9 Å². The van der Waals surface area contributed by atoms with Crippen molar-refractivity contribution in [2.45, 2.75) is 156 Å². The van der Waals surface area contributed by atoms with Gasteiger partial charge in [0.25, 0.3) is 0 Å². The maximum atomic E-state index is 15.5. The molecule has 59 heavy (non-hydrogen) atoms. The molecular formula is C45H61NO13. The van der Waals surface area contributed by atoms with Gasteiger partial charge >= 0.3 is 30.0 Å². The van der Waals surface area contributed by atoms with Crippen molar-refractivity contribution in [3.63, 3.8) is 0 Å². The molecule has 2 unspecified atom stereocenters. The molecule has 1 amide bonds. The Kier molecular flexibility index (Phi) is 11.5. The second-order valence-electron chi connectivity index (χ2n) is 19.9. The molecule has 0 spiro atoms. The fraction of sp³-hybridized carbons (Fsp3) is 0.689. The lowest BCUT2D eigenvalue weighted by Gasteiger charge is -2.66. The van der Waals surface area contributed by atoms with E-state index >= 15 is 4.79 Å². The van der Waals surface area contributed by atoms with Gasteiger partial charge in [0.2, 0.25) is 0 Å². The Labute approximate surface area is 346 Å². The molecule has 1 aromatic carbocycles. The van der Waals surface area contributed by atoms with E-state index in [1.54, 1.807) is 65.0 Å². The third kappa shape index (κ3) is 7.91. The number of hydrogen-bond acceptors (Lipinski definition) is 13. The van der Waals surface area contributed by atoms with E-state index in [1.165, 1.54) is 13.8 Å². The van der Waals surface area contributed by atoms with Crippen LogP contribution < -0.4 is 5.32 Å². The monoisotopic (exact) mass is 823 g/mol. The van der Waals surface area contributed by atoms with Gasteiger partial charge in [0.05, 0.1) is 29.0 Å². The summed E-state index contributed by atoms with van der Waals surface area (Å²) in [5, 5.41) is 26.5. The summed E-state index contributed by atoms with van der Waals surface area (Å²) in [7, 11) is 0. The predicted octanol–water partition coefficient (Wildman–Crippen LogP) is 5.40. The molecule has 324 valence electrons. The standard InChI is InChI=1S/C45H61NO13/c1-22-29(56-39(53)33(50)32(28-21-42(28,7)8)46-40(54)59-41(4,5)6)20-27-34(57-38(52)25-15-13-12-14-16-25)36-44(11,30(49)19-26-17-18-45(26,36)58-24(3)48)37(51)35(55-23(2)47)31(22)43(27,9)10/h12-16,26-30,32-36,49-50H,17-21H2,1-11H3,(H,46,54)/t26-,27?,28+,29+,30+,32+,33-,34-,35?,36+,44-,45+/m1/s1. The highest BCUT2D eigenvalue weighted by Gasteiger charge is 2.74. The van der Waals surface area contributed by atoms with Gasteiger partial charge in [-0.15, -0.1) is 0 Å². The molecule has 0 aromatic heterocycles. The van der Waals surface area contributed by atoms with Gasteiger partial charge in [0.15, 0.2) is 18.0 Å². The molecule has 0 aliphatic heterocycles. The van der Waals surface area contributed by atoms with Crippen molar-refractivity contribution < 1.29 is 62.7 Å². The Balaban J connectivity index is 1.49. The van der Waals surface area contributed by atoms with Gasteiger partial charge in [-0.2, -0.15) is 0 Å². The van der Waals surface area contributed by atoms with E-state index in [-0.39, 0.29) is 35.7 Å². The van der Waals surface area contributed by atoms with Crippen LogP contribution in [0.5, 0.6) is 0 Å². The van der Waals surface area contributed by atoms with Crippen molar-refractivity contribution in [3.05, 3.63) is 47.0 Å².